The number of hydrogen-bond acceptors (Lipinski definition) is 6. The lowest BCUT2D eigenvalue weighted by Crippen LogP contribution is -2.30. The van der Waals surface area contributed by atoms with Crippen molar-refractivity contribution in [2.45, 2.75) is 252 Å². The Bertz CT molecular complexity index is 1180. The molecule has 0 aromatic rings. The van der Waals surface area contributed by atoms with Crippen molar-refractivity contribution in [3.05, 3.63) is 72.9 Å². The minimum absolute atomic E-state index is 0.0893. The highest BCUT2D eigenvalue weighted by Crippen LogP contribution is 2.15. The van der Waals surface area contributed by atoms with Crippen LogP contribution in [0.5, 0.6) is 0 Å². The van der Waals surface area contributed by atoms with E-state index >= 15 is 0 Å². The average Bonchev–Trinajstić information content (AvgIpc) is 3.27. The van der Waals surface area contributed by atoms with Gasteiger partial charge in [0.2, 0.25) is 0 Å². The number of hydrogen-bond donors (Lipinski definition) is 0. The van der Waals surface area contributed by atoms with Gasteiger partial charge in [0.25, 0.3) is 0 Å². The summed E-state index contributed by atoms with van der Waals surface area (Å²) >= 11 is 0. The first-order valence-electron chi connectivity index (χ1n) is 26.0. The van der Waals surface area contributed by atoms with Gasteiger partial charge in [0, 0.05) is 19.3 Å². The first-order chi connectivity index (χ1) is 30.5. The third kappa shape index (κ3) is 47.9. The Balaban J connectivity index is 4.43. The van der Waals surface area contributed by atoms with Crippen LogP contribution >= 0.6 is 0 Å². The maximum Gasteiger partial charge on any atom is 0.306 e. The molecule has 62 heavy (non-hydrogen) atoms. The molecule has 0 saturated heterocycles. The van der Waals surface area contributed by atoms with Gasteiger partial charge in [-0.1, -0.05) is 235 Å². The van der Waals surface area contributed by atoms with Gasteiger partial charge in [-0.25, -0.2) is 0 Å². The molecular weight excluding hydrogens is 769 g/mol. The highest BCUT2D eigenvalue weighted by Gasteiger charge is 2.19. The zero-order chi connectivity index (χ0) is 45.1. The highest BCUT2D eigenvalue weighted by molar-refractivity contribution is 5.71. The van der Waals surface area contributed by atoms with Crippen molar-refractivity contribution in [2.24, 2.45) is 0 Å². The van der Waals surface area contributed by atoms with Crippen LogP contribution in [-0.2, 0) is 28.6 Å². The van der Waals surface area contributed by atoms with E-state index < -0.39 is 6.10 Å². The Kier molecular flexibility index (Phi) is 47.9. The number of ether oxygens (including phenoxy) is 3. The fraction of sp³-hybridized carbons (Fsp3) is 0.732. The van der Waals surface area contributed by atoms with Gasteiger partial charge in [0.1, 0.15) is 13.2 Å². The monoisotopic (exact) mass is 865 g/mol. The number of esters is 3. The summed E-state index contributed by atoms with van der Waals surface area (Å²) in [6.07, 6.45) is 63.1. The number of unbranched alkanes of at least 4 members (excludes halogenated alkanes) is 27. The molecule has 0 amide bonds. The molecule has 6 heteroatoms. The fourth-order valence-electron chi connectivity index (χ4n) is 7.15. The SMILES string of the molecule is CC\C=C/C=C\C=C/CCCCCCCC(=O)OC(COC(=O)CCCCCCC\C=C/C=C\C=C/CCCCCCC)COC(=O)CCCCCCCCCCCCCCC. The van der Waals surface area contributed by atoms with Crippen LogP contribution in [0.3, 0.4) is 0 Å². The Morgan fingerprint density at radius 3 is 0.968 bits per heavy atom. The molecule has 6 nitrogen and oxygen atoms in total. The lowest BCUT2D eigenvalue weighted by molar-refractivity contribution is -0.167. The minimum Gasteiger partial charge on any atom is -0.462 e. The van der Waals surface area contributed by atoms with Crippen LogP contribution in [0.2, 0.25) is 0 Å². The van der Waals surface area contributed by atoms with Crippen LogP contribution < -0.4 is 0 Å². The van der Waals surface area contributed by atoms with E-state index in [9.17, 15) is 14.4 Å². The zero-order valence-electron chi connectivity index (χ0n) is 40.6. The van der Waals surface area contributed by atoms with Crippen LogP contribution in [-0.4, -0.2) is 37.2 Å². The molecular formula is C56H96O6. The van der Waals surface area contributed by atoms with Crippen molar-refractivity contribution < 1.29 is 28.6 Å². The molecule has 0 N–H and O–H groups in total. The number of allylic oxidation sites excluding steroid dienone is 12. The molecule has 0 radical (unpaired) electrons. The van der Waals surface area contributed by atoms with Crippen molar-refractivity contribution in [1.29, 1.82) is 0 Å². The quantitative estimate of drug-likeness (QED) is 0.0262. The van der Waals surface area contributed by atoms with Gasteiger partial charge in [0.05, 0.1) is 0 Å². The van der Waals surface area contributed by atoms with E-state index in [1.807, 2.05) is 0 Å². The fourth-order valence-corrected chi connectivity index (χ4v) is 7.15. The summed E-state index contributed by atoms with van der Waals surface area (Å²) in [6.45, 7) is 6.46. The summed E-state index contributed by atoms with van der Waals surface area (Å²) in [5.41, 5.74) is 0. The van der Waals surface area contributed by atoms with Crippen LogP contribution in [0.4, 0.5) is 0 Å². The number of carbonyl (C=O) groups is 3. The van der Waals surface area contributed by atoms with Gasteiger partial charge in [0.15, 0.2) is 6.10 Å². The standard InChI is InChI=1S/C56H96O6/c1-4-7-10-13-16-19-22-25-26-27-28-29-32-34-37-40-43-46-49-55(58)61-52-53(62-56(59)50-47-44-41-38-35-31-24-21-18-15-12-9-6-3)51-60-54(57)48-45-42-39-36-33-30-23-20-17-14-11-8-5-2/h9,12,15,18,21-22,24-29,53H,4-8,10-11,13-14,16-17,19-20,23,30-52H2,1-3H3/b12-9-,18-15-,24-21-,25-22-,27-26-,29-28-. The summed E-state index contributed by atoms with van der Waals surface area (Å²) in [4.78, 5) is 38.0. The molecule has 1 unspecified atom stereocenters. The third-order valence-corrected chi connectivity index (χ3v) is 11.1. The van der Waals surface area contributed by atoms with Crippen LogP contribution in [0.15, 0.2) is 72.9 Å². The van der Waals surface area contributed by atoms with Gasteiger partial charge in [-0.15, -0.1) is 0 Å². The lowest BCUT2D eigenvalue weighted by atomic mass is 10.0. The van der Waals surface area contributed by atoms with Crippen LogP contribution in [0.1, 0.15) is 245 Å². The van der Waals surface area contributed by atoms with Crippen molar-refractivity contribution >= 4 is 17.9 Å². The van der Waals surface area contributed by atoms with Crippen molar-refractivity contribution in [2.75, 3.05) is 13.2 Å². The molecule has 0 bridgehead atoms. The first kappa shape index (κ1) is 58.9. The summed E-state index contributed by atoms with van der Waals surface area (Å²) < 4.78 is 16.8. The van der Waals surface area contributed by atoms with Gasteiger partial charge in [-0.2, -0.15) is 0 Å². The van der Waals surface area contributed by atoms with Crippen LogP contribution in [0.25, 0.3) is 0 Å². The predicted molar refractivity (Wildman–Crippen MR) is 265 cm³/mol. The summed E-state index contributed by atoms with van der Waals surface area (Å²) in [7, 11) is 0. The third-order valence-electron chi connectivity index (χ3n) is 11.1. The zero-order valence-corrected chi connectivity index (χ0v) is 40.6. The van der Waals surface area contributed by atoms with Gasteiger partial charge in [-0.3, -0.25) is 14.4 Å². The molecule has 356 valence electrons. The van der Waals surface area contributed by atoms with Gasteiger partial charge >= 0.3 is 17.9 Å². The summed E-state index contributed by atoms with van der Waals surface area (Å²) in [5.74, 6) is -0.928. The van der Waals surface area contributed by atoms with Crippen molar-refractivity contribution in [1.82, 2.24) is 0 Å². The average molecular weight is 865 g/mol. The van der Waals surface area contributed by atoms with Crippen molar-refractivity contribution in [3.63, 3.8) is 0 Å². The predicted octanol–water partition coefficient (Wildman–Crippen LogP) is 17.0. The molecule has 0 aliphatic heterocycles. The van der Waals surface area contributed by atoms with Gasteiger partial charge < -0.3 is 14.2 Å². The molecule has 0 aromatic heterocycles. The molecule has 0 aliphatic rings. The maximum atomic E-state index is 12.8. The summed E-state index contributed by atoms with van der Waals surface area (Å²) in [5, 5.41) is 0. The van der Waals surface area contributed by atoms with E-state index in [0.29, 0.717) is 19.3 Å². The smallest absolute Gasteiger partial charge is 0.306 e. The first-order valence-corrected chi connectivity index (χ1v) is 26.0. The number of rotatable bonds is 46. The maximum absolute atomic E-state index is 12.8. The highest BCUT2D eigenvalue weighted by atomic mass is 16.6. The second-order valence-electron chi connectivity index (χ2n) is 17.2. The molecule has 0 saturated carbocycles. The van der Waals surface area contributed by atoms with E-state index in [-0.39, 0.29) is 31.1 Å². The summed E-state index contributed by atoms with van der Waals surface area (Å²) in [6, 6.07) is 0. The normalized spacial score (nSPS) is 12.6. The molecule has 0 heterocycles. The minimum atomic E-state index is -0.792. The largest absolute Gasteiger partial charge is 0.462 e. The van der Waals surface area contributed by atoms with E-state index in [1.165, 1.54) is 103 Å². The van der Waals surface area contributed by atoms with Crippen molar-refractivity contribution in [3.8, 4) is 0 Å². The van der Waals surface area contributed by atoms with E-state index in [1.54, 1.807) is 0 Å². The molecule has 0 fully saturated rings. The Morgan fingerprint density at radius 2 is 0.629 bits per heavy atom. The van der Waals surface area contributed by atoms with Gasteiger partial charge in [-0.05, 0) is 64.2 Å². The molecule has 0 spiro atoms. The number of carbonyl (C=O) groups excluding carboxylic acids is 3. The lowest BCUT2D eigenvalue weighted by Gasteiger charge is -2.18. The Morgan fingerprint density at radius 1 is 0.339 bits per heavy atom. The molecule has 0 aromatic carbocycles. The Hall–Kier alpha value is -3.15. The topological polar surface area (TPSA) is 78.9 Å². The van der Waals surface area contributed by atoms with E-state index in [2.05, 4.69) is 93.7 Å². The second-order valence-corrected chi connectivity index (χ2v) is 17.2. The van der Waals surface area contributed by atoms with Crippen LogP contribution in [0, 0.1) is 0 Å². The van der Waals surface area contributed by atoms with E-state index in [4.69, 9.17) is 14.2 Å². The molecule has 1 atom stereocenters. The van der Waals surface area contributed by atoms with E-state index in [0.717, 1.165) is 103 Å². The Labute approximate surface area is 382 Å². The second kappa shape index (κ2) is 50.5. The molecule has 0 aliphatic carbocycles. The molecule has 0 rings (SSSR count).